The molecule has 0 bridgehead atoms. The van der Waals surface area contributed by atoms with Crippen molar-refractivity contribution in [1.82, 2.24) is 9.97 Å². The number of benzene rings is 2. The summed E-state index contributed by atoms with van der Waals surface area (Å²) in [4.78, 5) is 7.69. The van der Waals surface area contributed by atoms with Crippen LogP contribution in [0.4, 0.5) is 0 Å². The average Bonchev–Trinajstić information content (AvgIpc) is 2.42. The molecule has 3 rings (SSSR count). The topological polar surface area (TPSA) is 55.2 Å². The molecule has 94 valence electrons. The molecule has 4 nitrogen and oxygen atoms in total. The lowest BCUT2D eigenvalue weighted by atomic mass is 10.1. The van der Waals surface area contributed by atoms with Crippen LogP contribution in [-0.4, -0.2) is 15.1 Å². The van der Waals surface area contributed by atoms with E-state index in [9.17, 15) is 5.11 Å². The minimum absolute atomic E-state index is 0.0355. The van der Waals surface area contributed by atoms with Crippen molar-refractivity contribution in [3.63, 3.8) is 0 Å². The van der Waals surface area contributed by atoms with Gasteiger partial charge in [-0.05, 0) is 22.9 Å². The quantitative estimate of drug-likeness (QED) is 0.771. The Balaban J connectivity index is 2.06. The van der Waals surface area contributed by atoms with E-state index in [0.717, 1.165) is 10.8 Å². The van der Waals surface area contributed by atoms with Crippen LogP contribution in [0.15, 0.2) is 48.9 Å². The minimum atomic E-state index is 0.0355. The van der Waals surface area contributed by atoms with Gasteiger partial charge in [0.1, 0.15) is 11.3 Å². The lowest BCUT2D eigenvalue weighted by Gasteiger charge is -2.09. The van der Waals surface area contributed by atoms with Crippen LogP contribution in [0.2, 0.25) is 5.02 Å². The smallest absolute Gasteiger partial charge is 0.241 e. The van der Waals surface area contributed by atoms with Gasteiger partial charge in [0.2, 0.25) is 5.88 Å². The third-order valence-electron chi connectivity index (χ3n) is 2.67. The maximum atomic E-state index is 9.95. The van der Waals surface area contributed by atoms with Crippen LogP contribution in [0.3, 0.4) is 0 Å². The number of nitrogens with zero attached hydrogens (tertiary/aromatic N) is 2. The lowest BCUT2D eigenvalue weighted by molar-refractivity contribution is 0.403. The molecular formula is C14H9ClN2O2. The summed E-state index contributed by atoms with van der Waals surface area (Å²) in [7, 11) is 0. The van der Waals surface area contributed by atoms with Crippen LogP contribution < -0.4 is 4.74 Å². The third-order valence-corrected chi connectivity index (χ3v) is 2.93. The number of hydrogen-bond donors (Lipinski definition) is 1. The van der Waals surface area contributed by atoms with Gasteiger partial charge in [0.25, 0.3) is 0 Å². The Morgan fingerprint density at radius 2 is 1.84 bits per heavy atom. The second kappa shape index (κ2) is 4.74. The Labute approximate surface area is 114 Å². The molecule has 0 unspecified atom stereocenters. The van der Waals surface area contributed by atoms with Crippen molar-refractivity contribution in [2.45, 2.75) is 0 Å². The van der Waals surface area contributed by atoms with Crippen LogP contribution in [0.5, 0.6) is 17.4 Å². The number of rotatable bonds is 2. The van der Waals surface area contributed by atoms with Gasteiger partial charge in [0.15, 0.2) is 11.5 Å². The molecule has 0 saturated carbocycles. The van der Waals surface area contributed by atoms with E-state index in [2.05, 4.69) is 9.97 Å². The maximum absolute atomic E-state index is 9.95. The molecule has 5 heteroatoms. The zero-order chi connectivity index (χ0) is 13.2. The summed E-state index contributed by atoms with van der Waals surface area (Å²) >= 11 is 5.91. The van der Waals surface area contributed by atoms with Crippen LogP contribution in [-0.2, 0) is 0 Å². The predicted octanol–water partition coefficient (Wildman–Crippen LogP) is 3.78. The SMILES string of the molecule is Oc1cc2ccccc2cc1Oc1ncncc1Cl. The van der Waals surface area contributed by atoms with Gasteiger partial charge in [-0.2, -0.15) is 0 Å². The van der Waals surface area contributed by atoms with Crippen LogP contribution >= 0.6 is 11.6 Å². The average molecular weight is 273 g/mol. The molecule has 0 radical (unpaired) electrons. The molecule has 19 heavy (non-hydrogen) atoms. The summed E-state index contributed by atoms with van der Waals surface area (Å²) in [5, 5.41) is 12.1. The predicted molar refractivity (Wildman–Crippen MR) is 72.7 cm³/mol. The first-order chi connectivity index (χ1) is 9.24. The number of aromatic hydroxyl groups is 1. The normalized spacial score (nSPS) is 10.6. The van der Waals surface area contributed by atoms with Crippen LogP contribution in [0, 0.1) is 0 Å². The standard InChI is InChI=1S/C14H9ClN2O2/c15-11-7-16-8-17-14(11)19-13-6-10-4-2-1-3-9(10)5-12(13)18/h1-8,18H. The van der Waals surface area contributed by atoms with E-state index in [0.29, 0.717) is 5.75 Å². The molecule has 2 aromatic carbocycles. The lowest BCUT2D eigenvalue weighted by Crippen LogP contribution is -1.90. The first-order valence-electron chi connectivity index (χ1n) is 5.59. The van der Waals surface area contributed by atoms with E-state index in [4.69, 9.17) is 16.3 Å². The molecular weight excluding hydrogens is 264 g/mol. The molecule has 0 aliphatic carbocycles. The zero-order valence-electron chi connectivity index (χ0n) is 9.75. The second-order valence-electron chi connectivity index (χ2n) is 3.94. The largest absolute Gasteiger partial charge is 0.504 e. The van der Waals surface area contributed by atoms with Crippen LogP contribution in [0.25, 0.3) is 10.8 Å². The molecule has 1 aromatic heterocycles. The van der Waals surface area contributed by atoms with Gasteiger partial charge in [0.05, 0.1) is 6.20 Å². The van der Waals surface area contributed by atoms with Gasteiger partial charge in [-0.3, -0.25) is 0 Å². The van der Waals surface area contributed by atoms with Gasteiger partial charge in [-0.15, -0.1) is 0 Å². The molecule has 0 amide bonds. The van der Waals surface area contributed by atoms with Crippen molar-refractivity contribution < 1.29 is 9.84 Å². The highest BCUT2D eigenvalue weighted by Crippen LogP contribution is 2.35. The van der Waals surface area contributed by atoms with Gasteiger partial charge >= 0.3 is 0 Å². The number of fused-ring (bicyclic) bond motifs is 1. The Kier molecular flexibility index (Phi) is 2.93. The minimum Gasteiger partial charge on any atom is -0.504 e. The van der Waals surface area contributed by atoms with E-state index in [1.807, 2.05) is 24.3 Å². The number of hydrogen-bond acceptors (Lipinski definition) is 4. The second-order valence-corrected chi connectivity index (χ2v) is 4.35. The molecule has 1 heterocycles. The summed E-state index contributed by atoms with van der Waals surface area (Å²) in [6, 6.07) is 11.0. The fourth-order valence-electron chi connectivity index (χ4n) is 1.77. The monoisotopic (exact) mass is 272 g/mol. The Morgan fingerprint density at radius 1 is 1.11 bits per heavy atom. The molecule has 1 N–H and O–H groups in total. The molecule has 0 spiro atoms. The third kappa shape index (κ3) is 2.30. The highest BCUT2D eigenvalue weighted by atomic mass is 35.5. The van der Waals surface area contributed by atoms with E-state index in [1.54, 1.807) is 12.1 Å². The van der Waals surface area contributed by atoms with Crippen molar-refractivity contribution in [3.8, 4) is 17.4 Å². The van der Waals surface area contributed by atoms with Gasteiger partial charge < -0.3 is 9.84 Å². The summed E-state index contributed by atoms with van der Waals surface area (Å²) in [5.41, 5.74) is 0. The zero-order valence-corrected chi connectivity index (χ0v) is 10.5. The van der Waals surface area contributed by atoms with E-state index >= 15 is 0 Å². The van der Waals surface area contributed by atoms with Gasteiger partial charge in [-0.1, -0.05) is 35.9 Å². The van der Waals surface area contributed by atoms with Crippen molar-refractivity contribution in [2.24, 2.45) is 0 Å². The summed E-state index contributed by atoms with van der Waals surface area (Å²) in [6.07, 6.45) is 2.77. The van der Waals surface area contributed by atoms with Crippen molar-refractivity contribution >= 4 is 22.4 Å². The van der Waals surface area contributed by atoms with E-state index < -0.39 is 0 Å². The summed E-state index contributed by atoms with van der Waals surface area (Å²) in [5.74, 6) is 0.551. The Morgan fingerprint density at radius 3 is 2.58 bits per heavy atom. The summed E-state index contributed by atoms with van der Waals surface area (Å²) in [6.45, 7) is 0. The number of phenols is 1. The molecule has 3 aromatic rings. The highest BCUT2D eigenvalue weighted by molar-refractivity contribution is 6.31. The number of aromatic nitrogens is 2. The Hall–Kier alpha value is -2.33. The van der Waals surface area contributed by atoms with Crippen molar-refractivity contribution in [1.29, 1.82) is 0 Å². The Bertz CT molecular complexity index is 746. The maximum Gasteiger partial charge on any atom is 0.241 e. The van der Waals surface area contributed by atoms with Crippen molar-refractivity contribution in [3.05, 3.63) is 53.9 Å². The van der Waals surface area contributed by atoms with E-state index in [1.165, 1.54) is 12.5 Å². The number of ether oxygens (including phenoxy) is 1. The van der Waals surface area contributed by atoms with Crippen molar-refractivity contribution in [2.75, 3.05) is 0 Å². The first kappa shape index (κ1) is 11.7. The van der Waals surface area contributed by atoms with Gasteiger partial charge in [-0.25, -0.2) is 9.97 Å². The molecule has 0 aliphatic heterocycles. The molecule has 0 aliphatic rings. The summed E-state index contributed by atoms with van der Waals surface area (Å²) < 4.78 is 5.51. The fraction of sp³-hybridized carbons (Fsp3) is 0. The molecule has 0 atom stereocenters. The highest BCUT2D eigenvalue weighted by Gasteiger charge is 2.09. The van der Waals surface area contributed by atoms with Gasteiger partial charge in [0, 0.05) is 0 Å². The van der Waals surface area contributed by atoms with Crippen LogP contribution in [0.1, 0.15) is 0 Å². The molecule has 0 fully saturated rings. The fourth-order valence-corrected chi connectivity index (χ4v) is 1.91. The number of halogens is 1. The van der Waals surface area contributed by atoms with E-state index in [-0.39, 0.29) is 16.7 Å². The first-order valence-corrected chi connectivity index (χ1v) is 5.97. The molecule has 0 saturated heterocycles. The number of phenolic OH excluding ortho intramolecular Hbond substituents is 1.